The van der Waals surface area contributed by atoms with Gasteiger partial charge in [0.05, 0.1) is 16.1 Å². The van der Waals surface area contributed by atoms with Crippen LogP contribution in [-0.2, 0) is 10.0 Å². The van der Waals surface area contributed by atoms with Crippen LogP contribution in [0, 0.1) is 17.1 Å². The van der Waals surface area contributed by atoms with E-state index in [1.165, 1.54) is 24.3 Å². The van der Waals surface area contributed by atoms with Gasteiger partial charge in [0.1, 0.15) is 11.9 Å². The molecule has 0 saturated carbocycles. The van der Waals surface area contributed by atoms with Crippen molar-refractivity contribution >= 4 is 21.4 Å². The van der Waals surface area contributed by atoms with Crippen molar-refractivity contribution in [2.75, 3.05) is 49.5 Å². The Morgan fingerprint density at radius 2 is 1.79 bits per heavy atom. The van der Waals surface area contributed by atoms with Crippen molar-refractivity contribution in [3.8, 4) is 6.07 Å². The van der Waals surface area contributed by atoms with E-state index >= 15 is 0 Å². The number of hydrogen-bond donors (Lipinski definition) is 2. The van der Waals surface area contributed by atoms with Crippen LogP contribution in [0.4, 0.5) is 15.8 Å². The molecule has 0 aliphatic carbocycles. The average Bonchev–Trinajstić information content (AvgIpc) is 2.68. The lowest BCUT2D eigenvalue weighted by atomic mass is 10.2. The van der Waals surface area contributed by atoms with E-state index in [0.717, 1.165) is 38.4 Å². The maximum atomic E-state index is 13.0. The summed E-state index contributed by atoms with van der Waals surface area (Å²) in [5.41, 5.74) is 1.85. The Morgan fingerprint density at radius 3 is 2.39 bits per heavy atom. The average molecular weight is 403 g/mol. The minimum atomic E-state index is -3.83. The van der Waals surface area contributed by atoms with Gasteiger partial charge < -0.3 is 10.2 Å². The van der Waals surface area contributed by atoms with Crippen molar-refractivity contribution in [3.63, 3.8) is 0 Å². The van der Waals surface area contributed by atoms with Crippen LogP contribution >= 0.6 is 0 Å². The van der Waals surface area contributed by atoms with Gasteiger partial charge in [0.15, 0.2) is 0 Å². The number of sulfonamides is 1. The molecule has 1 aliphatic heterocycles. The quantitative estimate of drug-likeness (QED) is 0.759. The predicted octanol–water partition coefficient (Wildman–Crippen LogP) is 1.58. The highest BCUT2D eigenvalue weighted by Gasteiger charge is 2.17. The van der Waals surface area contributed by atoms with Crippen LogP contribution in [0.5, 0.6) is 0 Å². The molecule has 1 saturated heterocycles. The third-order valence-electron chi connectivity index (χ3n) is 4.75. The van der Waals surface area contributed by atoms with Gasteiger partial charge in [-0.05, 0) is 42.5 Å². The maximum Gasteiger partial charge on any atom is 0.238 e. The number of hydrogen-bond acceptors (Lipinski definition) is 6. The summed E-state index contributed by atoms with van der Waals surface area (Å²) in [5.74, 6) is -0.234. The van der Waals surface area contributed by atoms with E-state index < -0.39 is 10.0 Å². The first-order valence-corrected chi connectivity index (χ1v) is 10.4. The van der Waals surface area contributed by atoms with Crippen LogP contribution in [0.3, 0.4) is 0 Å². The highest BCUT2D eigenvalue weighted by atomic mass is 32.2. The molecule has 0 atom stereocenters. The molecule has 0 amide bonds. The van der Waals surface area contributed by atoms with Gasteiger partial charge in [-0.2, -0.15) is 5.26 Å². The van der Waals surface area contributed by atoms with E-state index in [4.69, 9.17) is 5.14 Å². The predicted molar refractivity (Wildman–Crippen MR) is 106 cm³/mol. The first-order chi connectivity index (χ1) is 13.4. The summed E-state index contributed by atoms with van der Waals surface area (Å²) < 4.78 is 35.8. The number of piperazine rings is 1. The summed E-state index contributed by atoms with van der Waals surface area (Å²) >= 11 is 0. The fourth-order valence-corrected chi connectivity index (χ4v) is 3.72. The molecule has 148 valence electrons. The Balaban J connectivity index is 1.50. The van der Waals surface area contributed by atoms with E-state index in [0.29, 0.717) is 12.2 Å². The van der Waals surface area contributed by atoms with Gasteiger partial charge in [0.2, 0.25) is 10.0 Å². The molecule has 0 radical (unpaired) electrons. The molecule has 0 spiro atoms. The largest absolute Gasteiger partial charge is 0.383 e. The monoisotopic (exact) mass is 403 g/mol. The van der Waals surface area contributed by atoms with E-state index in [2.05, 4.69) is 15.1 Å². The zero-order valence-electron chi connectivity index (χ0n) is 15.3. The Bertz CT molecular complexity index is 965. The number of nitriles is 1. The lowest BCUT2D eigenvalue weighted by molar-refractivity contribution is 0.267. The van der Waals surface area contributed by atoms with Crippen LogP contribution in [0.25, 0.3) is 0 Å². The number of nitrogens with one attached hydrogen (secondary N) is 1. The zero-order chi connectivity index (χ0) is 20.1. The van der Waals surface area contributed by atoms with Crippen molar-refractivity contribution in [2.24, 2.45) is 5.14 Å². The summed E-state index contributed by atoms with van der Waals surface area (Å²) in [6, 6.07) is 12.8. The van der Waals surface area contributed by atoms with Crippen molar-refractivity contribution in [2.45, 2.75) is 4.90 Å². The molecule has 2 aromatic rings. The number of nitrogens with zero attached hydrogens (tertiary/aromatic N) is 3. The fraction of sp³-hybridized carbons (Fsp3) is 0.316. The second-order valence-corrected chi connectivity index (χ2v) is 8.16. The normalized spacial score (nSPS) is 15.2. The molecule has 0 bridgehead atoms. The Hall–Kier alpha value is -2.67. The molecule has 2 aromatic carbocycles. The number of benzene rings is 2. The molecule has 9 heteroatoms. The van der Waals surface area contributed by atoms with Crippen LogP contribution in [0.1, 0.15) is 5.56 Å². The van der Waals surface area contributed by atoms with Crippen molar-refractivity contribution in [1.29, 1.82) is 5.26 Å². The SMILES string of the molecule is N#Cc1cc(S(N)(=O)=O)ccc1NCCN1CCN(c2ccc(F)cc2)CC1. The standard InChI is InChI=1S/C19H22FN5O2S/c20-16-1-3-17(4-2-16)25-11-9-24(10-12-25)8-7-23-19-6-5-18(28(22,26)27)13-15(19)14-21/h1-6,13,23H,7-12H2,(H2,22,26,27). The second kappa shape index (κ2) is 8.56. The van der Waals surface area contributed by atoms with Crippen LogP contribution in [0.2, 0.25) is 0 Å². The second-order valence-electron chi connectivity index (χ2n) is 6.60. The number of halogens is 1. The fourth-order valence-electron chi connectivity index (χ4n) is 3.18. The molecule has 0 unspecified atom stereocenters. The molecule has 1 fully saturated rings. The summed E-state index contributed by atoms with van der Waals surface area (Å²) in [6.07, 6.45) is 0. The summed E-state index contributed by atoms with van der Waals surface area (Å²) in [5, 5.41) is 17.5. The van der Waals surface area contributed by atoms with E-state index in [1.54, 1.807) is 18.2 Å². The molecule has 7 nitrogen and oxygen atoms in total. The molecule has 3 rings (SSSR count). The number of anilines is 2. The number of rotatable bonds is 6. The molecule has 28 heavy (non-hydrogen) atoms. The van der Waals surface area contributed by atoms with Gasteiger partial charge in [0, 0.05) is 45.0 Å². The highest BCUT2D eigenvalue weighted by molar-refractivity contribution is 7.89. The summed E-state index contributed by atoms with van der Waals surface area (Å²) in [7, 11) is -3.83. The Labute approximate surface area is 164 Å². The van der Waals surface area contributed by atoms with Crippen molar-refractivity contribution in [1.82, 2.24) is 4.90 Å². The lowest BCUT2D eigenvalue weighted by Crippen LogP contribution is -2.47. The van der Waals surface area contributed by atoms with Crippen molar-refractivity contribution < 1.29 is 12.8 Å². The molecular weight excluding hydrogens is 381 g/mol. The third kappa shape index (κ3) is 4.98. The van der Waals surface area contributed by atoms with E-state index in [-0.39, 0.29) is 16.3 Å². The number of primary sulfonamides is 1. The highest BCUT2D eigenvalue weighted by Crippen LogP contribution is 2.19. The van der Waals surface area contributed by atoms with E-state index in [9.17, 15) is 18.1 Å². The van der Waals surface area contributed by atoms with Gasteiger partial charge in [0.25, 0.3) is 0 Å². The minimum Gasteiger partial charge on any atom is -0.383 e. The topological polar surface area (TPSA) is 102 Å². The van der Waals surface area contributed by atoms with Gasteiger partial charge in [-0.25, -0.2) is 17.9 Å². The molecule has 0 aromatic heterocycles. The Morgan fingerprint density at radius 1 is 1.11 bits per heavy atom. The van der Waals surface area contributed by atoms with Gasteiger partial charge in [-0.15, -0.1) is 0 Å². The molecule has 1 aliphatic rings. The minimum absolute atomic E-state index is 0.0773. The van der Waals surface area contributed by atoms with Crippen LogP contribution < -0.4 is 15.4 Å². The van der Waals surface area contributed by atoms with Crippen LogP contribution in [0.15, 0.2) is 47.4 Å². The van der Waals surface area contributed by atoms with Gasteiger partial charge in [-0.3, -0.25) is 4.90 Å². The summed E-state index contributed by atoms with van der Waals surface area (Å²) in [4.78, 5) is 4.45. The van der Waals surface area contributed by atoms with Gasteiger partial charge in [-0.1, -0.05) is 0 Å². The van der Waals surface area contributed by atoms with Crippen molar-refractivity contribution in [3.05, 3.63) is 53.8 Å². The molecule has 3 N–H and O–H groups in total. The van der Waals surface area contributed by atoms with E-state index in [1.807, 2.05) is 6.07 Å². The Kier molecular flexibility index (Phi) is 6.14. The van der Waals surface area contributed by atoms with Crippen LogP contribution in [-0.4, -0.2) is 52.6 Å². The number of nitrogens with two attached hydrogens (primary N) is 1. The zero-order valence-corrected chi connectivity index (χ0v) is 16.1. The molecular formula is C19H22FN5O2S. The van der Waals surface area contributed by atoms with Gasteiger partial charge >= 0.3 is 0 Å². The maximum absolute atomic E-state index is 13.0. The third-order valence-corrected chi connectivity index (χ3v) is 5.66. The lowest BCUT2D eigenvalue weighted by Gasteiger charge is -2.36. The summed E-state index contributed by atoms with van der Waals surface area (Å²) in [6.45, 7) is 4.90. The molecule has 1 heterocycles. The first kappa shape index (κ1) is 20.1. The first-order valence-electron chi connectivity index (χ1n) is 8.90. The smallest absolute Gasteiger partial charge is 0.238 e.